The van der Waals surface area contributed by atoms with E-state index in [1.54, 1.807) is 4.90 Å². The standard InChI is InChI=1S/C13H20N2O3S/c16-8-5-15(13(17)12-2-1-11-19-12)4-3-14-6-9-18-10-7-14/h1-2,11,16H,3-10H2. The van der Waals surface area contributed by atoms with Gasteiger partial charge in [-0.15, -0.1) is 11.3 Å². The van der Waals surface area contributed by atoms with Gasteiger partial charge in [0.05, 0.1) is 24.7 Å². The van der Waals surface area contributed by atoms with Crippen LogP contribution in [-0.2, 0) is 4.74 Å². The van der Waals surface area contributed by atoms with Crippen molar-refractivity contribution in [2.45, 2.75) is 0 Å². The lowest BCUT2D eigenvalue weighted by molar-refractivity contribution is 0.0316. The van der Waals surface area contributed by atoms with Crippen molar-refractivity contribution in [3.05, 3.63) is 22.4 Å². The average Bonchev–Trinajstić information content (AvgIpc) is 2.98. The summed E-state index contributed by atoms with van der Waals surface area (Å²) < 4.78 is 5.30. The predicted octanol–water partition coefficient (Wildman–Crippen LogP) is 0.515. The Labute approximate surface area is 117 Å². The van der Waals surface area contributed by atoms with Crippen molar-refractivity contribution >= 4 is 17.2 Å². The number of nitrogens with zero attached hydrogens (tertiary/aromatic N) is 2. The van der Waals surface area contributed by atoms with Gasteiger partial charge >= 0.3 is 0 Å². The highest BCUT2D eigenvalue weighted by Crippen LogP contribution is 2.12. The van der Waals surface area contributed by atoms with Crippen LogP contribution in [0.2, 0.25) is 0 Å². The number of aliphatic hydroxyl groups is 1. The molecule has 106 valence electrons. The van der Waals surface area contributed by atoms with E-state index in [9.17, 15) is 4.79 Å². The summed E-state index contributed by atoms with van der Waals surface area (Å²) in [6.07, 6.45) is 0. The second-order valence-corrected chi connectivity index (χ2v) is 5.39. The van der Waals surface area contributed by atoms with E-state index in [1.807, 2.05) is 17.5 Å². The maximum Gasteiger partial charge on any atom is 0.264 e. The van der Waals surface area contributed by atoms with Crippen molar-refractivity contribution in [1.82, 2.24) is 9.80 Å². The molecule has 0 bridgehead atoms. The summed E-state index contributed by atoms with van der Waals surface area (Å²) in [5, 5.41) is 11.0. The molecule has 1 saturated heterocycles. The Morgan fingerprint density at radius 3 is 2.84 bits per heavy atom. The third-order valence-corrected chi connectivity index (χ3v) is 4.04. The van der Waals surface area contributed by atoms with E-state index in [4.69, 9.17) is 9.84 Å². The van der Waals surface area contributed by atoms with Crippen LogP contribution in [-0.4, -0.2) is 73.4 Å². The van der Waals surface area contributed by atoms with Gasteiger partial charge in [0.25, 0.3) is 5.91 Å². The highest BCUT2D eigenvalue weighted by atomic mass is 32.1. The third kappa shape index (κ3) is 4.28. The summed E-state index contributed by atoms with van der Waals surface area (Å²) >= 11 is 1.44. The summed E-state index contributed by atoms with van der Waals surface area (Å²) in [4.78, 5) is 17.0. The number of hydrogen-bond acceptors (Lipinski definition) is 5. The molecule has 0 aromatic carbocycles. The molecule has 19 heavy (non-hydrogen) atoms. The first-order valence-electron chi connectivity index (χ1n) is 6.55. The Bertz CT molecular complexity index is 377. The number of amides is 1. The number of thiophene rings is 1. The molecule has 0 spiro atoms. The smallest absolute Gasteiger partial charge is 0.264 e. The minimum Gasteiger partial charge on any atom is -0.395 e. The highest BCUT2D eigenvalue weighted by Gasteiger charge is 2.18. The Hall–Kier alpha value is -0.950. The van der Waals surface area contributed by atoms with Gasteiger partial charge in [-0.05, 0) is 11.4 Å². The molecule has 1 aromatic heterocycles. The molecule has 1 N–H and O–H groups in total. The molecule has 0 atom stereocenters. The molecule has 6 heteroatoms. The number of rotatable bonds is 6. The predicted molar refractivity (Wildman–Crippen MR) is 74.6 cm³/mol. The van der Waals surface area contributed by atoms with Crippen molar-refractivity contribution in [2.24, 2.45) is 0 Å². The highest BCUT2D eigenvalue weighted by molar-refractivity contribution is 7.12. The second-order valence-electron chi connectivity index (χ2n) is 4.45. The Morgan fingerprint density at radius 1 is 1.42 bits per heavy atom. The fourth-order valence-electron chi connectivity index (χ4n) is 2.08. The first kappa shape index (κ1) is 14.5. The normalized spacial score (nSPS) is 16.5. The van der Waals surface area contributed by atoms with E-state index < -0.39 is 0 Å². The zero-order chi connectivity index (χ0) is 13.5. The van der Waals surface area contributed by atoms with Crippen LogP contribution in [0.5, 0.6) is 0 Å². The lowest BCUT2D eigenvalue weighted by Gasteiger charge is -2.29. The van der Waals surface area contributed by atoms with E-state index in [2.05, 4.69) is 4.90 Å². The molecule has 1 amide bonds. The van der Waals surface area contributed by atoms with Crippen LogP contribution < -0.4 is 0 Å². The van der Waals surface area contributed by atoms with Crippen LogP contribution in [0.4, 0.5) is 0 Å². The Balaban J connectivity index is 1.86. The lowest BCUT2D eigenvalue weighted by atomic mass is 10.3. The molecule has 0 saturated carbocycles. The minimum atomic E-state index is 0.000225. The first-order chi connectivity index (χ1) is 9.31. The monoisotopic (exact) mass is 284 g/mol. The molecule has 1 aliphatic rings. The fraction of sp³-hybridized carbons (Fsp3) is 0.615. The summed E-state index contributed by atoms with van der Waals surface area (Å²) in [7, 11) is 0. The third-order valence-electron chi connectivity index (χ3n) is 3.18. The lowest BCUT2D eigenvalue weighted by Crippen LogP contribution is -2.43. The maximum atomic E-state index is 12.3. The molecule has 2 heterocycles. The van der Waals surface area contributed by atoms with Crippen molar-refractivity contribution in [1.29, 1.82) is 0 Å². The van der Waals surface area contributed by atoms with Gasteiger partial charge in [0.2, 0.25) is 0 Å². The van der Waals surface area contributed by atoms with Crippen LogP contribution in [0.15, 0.2) is 17.5 Å². The van der Waals surface area contributed by atoms with Crippen LogP contribution in [0, 0.1) is 0 Å². The molecule has 5 nitrogen and oxygen atoms in total. The number of morpholine rings is 1. The van der Waals surface area contributed by atoms with Gasteiger partial charge in [0.1, 0.15) is 0 Å². The molecule has 0 unspecified atom stereocenters. The quantitative estimate of drug-likeness (QED) is 0.827. The molecule has 1 aliphatic heterocycles. The van der Waals surface area contributed by atoms with E-state index in [0.717, 1.165) is 37.7 Å². The number of aliphatic hydroxyl groups excluding tert-OH is 1. The number of carbonyl (C=O) groups is 1. The first-order valence-corrected chi connectivity index (χ1v) is 7.43. The molecular weight excluding hydrogens is 264 g/mol. The Morgan fingerprint density at radius 2 is 2.21 bits per heavy atom. The fourth-order valence-corrected chi connectivity index (χ4v) is 2.77. The van der Waals surface area contributed by atoms with Crippen LogP contribution in [0.3, 0.4) is 0 Å². The van der Waals surface area contributed by atoms with Crippen molar-refractivity contribution in [2.75, 3.05) is 52.5 Å². The van der Waals surface area contributed by atoms with Gasteiger partial charge in [-0.1, -0.05) is 6.07 Å². The molecular formula is C13H20N2O3S. The summed E-state index contributed by atoms with van der Waals surface area (Å²) in [5.74, 6) is 0.0114. The second kappa shape index (κ2) is 7.59. The van der Waals surface area contributed by atoms with Gasteiger partial charge in [0, 0.05) is 32.7 Å². The molecule has 0 radical (unpaired) electrons. The van der Waals surface area contributed by atoms with Gasteiger partial charge < -0.3 is 14.7 Å². The molecule has 0 aliphatic carbocycles. The number of ether oxygens (including phenoxy) is 1. The molecule has 2 rings (SSSR count). The average molecular weight is 284 g/mol. The van der Waals surface area contributed by atoms with Crippen molar-refractivity contribution in [3.8, 4) is 0 Å². The Kier molecular flexibility index (Phi) is 5.78. The molecule has 1 aromatic rings. The largest absolute Gasteiger partial charge is 0.395 e. The zero-order valence-electron chi connectivity index (χ0n) is 11.0. The van der Waals surface area contributed by atoms with Crippen molar-refractivity contribution < 1.29 is 14.6 Å². The van der Waals surface area contributed by atoms with Crippen LogP contribution in [0.25, 0.3) is 0 Å². The summed E-state index contributed by atoms with van der Waals surface area (Å²) in [5.41, 5.74) is 0. The van der Waals surface area contributed by atoms with Gasteiger partial charge in [-0.25, -0.2) is 0 Å². The van der Waals surface area contributed by atoms with Gasteiger partial charge in [-0.2, -0.15) is 0 Å². The van der Waals surface area contributed by atoms with E-state index >= 15 is 0 Å². The van der Waals surface area contributed by atoms with Crippen LogP contribution >= 0.6 is 11.3 Å². The number of hydrogen-bond donors (Lipinski definition) is 1. The maximum absolute atomic E-state index is 12.3. The van der Waals surface area contributed by atoms with E-state index in [0.29, 0.717) is 13.1 Å². The van der Waals surface area contributed by atoms with E-state index in [1.165, 1.54) is 11.3 Å². The van der Waals surface area contributed by atoms with Crippen molar-refractivity contribution in [3.63, 3.8) is 0 Å². The zero-order valence-corrected chi connectivity index (χ0v) is 11.8. The molecule has 1 fully saturated rings. The van der Waals surface area contributed by atoms with Gasteiger partial charge in [0.15, 0.2) is 0 Å². The topological polar surface area (TPSA) is 53.0 Å². The van der Waals surface area contributed by atoms with E-state index in [-0.39, 0.29) is 12.5 Å². The summed E-state index contributed by atoms with van der Waals surface area (Å²) in [6, 6.07) is 3.70. The minimum absolute atomic E-state index is 0.000225. The SMILES string of the molecule is O=C(c1cccs1)N(CCO)CCN1CCOCC1. The van der Waals surface area contributed by atoms with Gasteiger partial charge in [-0.3, -0.25) is 9.69 Å². The van der Waals surface area contributed by atoms with Crippen LogP contribution in [0.1, 0.15) is 9.67 Å². The number of carbonyl (C=O) groups excluding carboxylic acids is 1. The summed E-state index contributed by atoms with van der Waals surface area (Å²) in [6.45, 7) is 5.23.